The van der Waals surface area contributed by atoms with Crippen LogP contribution in [0.5, 0.6) is 0 Å². The van der Waals surface area contributed by atoms with Gasteiger partial charge in [-0.1, -0.05) is 0 Å². The lowest BCUT2D eigenvalue weighted by molar-refractivity contribution is -0.121. The molecule has 0 spiro atoms. The van der Waals surface area contributed by atoms with Gasteiger partial charge in [0.05, 0.1) is 0 Å². The van der Waals surface area contributed by atoms with Crippen LogP contribution in [-0.4, -0.2) is 38.1 Å². The highest BCUT2D eigenvalue weighted by atomic mass is 16.5. The van der Waals surface area contributed by atoms with Crippen LogP contribution in [0.25, 0.3) is 0 Å². The fraction of sp³-hybridized carbons (Fsp3) is 0.500. The van der Waals surface area contributed by atoms with Crippen LogP contribution in [0, 0.1) is 0 Å². The van der Waals surface area contributed by atoms with E-state index in [9.17, 15) is 9.59 Å². The number of fused-ring (bicyclic) bond motifs is 1. The number of nitrogens with one attached hydrogen (secondary N) is 3. The highest BCUT2D eigenvalue weighted by molar-refractivity contribution is 5.94. The standard InChI is InChI=1S/C16H23N3O3/c1-11(16(21)17-8-3-9-22-2)18-13-5-6-14-12(10-13)4-7-15(20)19-14/h5-6,10-11,18H,3-4,7-9H2,1-2H3,(H,17,21)(H,19,20)/t11-/m1/s1. The number of rotatable bonds is 7. The summed E-state index contributed by atoms with van der Waals surface area (Å²) < 4.78 is 4.94. The number of hydrogen-bond acceptors (Lipinski definition) is 4. The van der Waals surface area contributed by atoms with Gasteiger partial charge in [-0.3, -0.25) is 9.59 Å². The molecule has 0 saturated carbocycles. The van der Waals surface area contributed by atoms with Gasteiger partial charge in [-0.2, -0.15) is 0 Å². The third-order valence-corrected chi connectivity index (χ3v) is 3.60. The fourth-order valence-corrected chi connectivity index (χ4v) is 2.37. The van der Waals surface area contributed by atoms with Gasteiger partial charge < -0.3 is 20.7 Å². The molecule has 1 heterocycles. The maximum absolute atomic E-state index is 12.0. The topological polar surface area (TPSA) is 79.5 Å². The zero-order valence-electron chi connectivity index (χ0n) is 13.1. The van der Waals surface area contributed by atoms with Crippen LogP contribution in [0.15, 0.2) is 18.2 Å². The number of carbonyl (C=O) groups is 2. The van der Waals surface area contributed by atoms with E-state index in [0.29, 0.717) is 19.6 Å². The van der Waals surface area contributed by atoms with Gasteiger partial charge in [-0.05, 0) is 43.5 Å². The van der Waals surface area contributed by atoms with Crippen molar-refractivity contribution in [3.05, 3.63) is 23.8 Å². The summed E-state index contributed by atoms with van der Waals surface area (Å²) in [6, 6.07) is 5.42. The van der Waals surface area contributed by atoms with E-state index in [0.717, 1.165) is 29.8 Å². The Hall–Kier alpha value is -2.08. The molecule has 1 aromatic carbocycles. The highest BCUT2D eigenvalue weighted by Gasteiger charge is 2.16. The smallest absolute Gasteiger partial charge is 0.242 e. The molecule has 1 aromatic rings. The average molecular weight is 305 g/mol. The van der Waals surface area contributed by atoms with Crippen LogP contribution < -0.4 is 16.0 Å². The number of anilines is 2. The first-order valence-corrected chi connectivity index (χ1v) is 7.56. The summed E-state index contributed by atoms with van der Waals surface area (Å²) in [5.74, 6) is 0.0131. The monoisotopic (exact) mass is 305 g/mol. The lowest BCUT2D eigenvalue weighted by Gasteiger charge is -2.20. The number of benzene rings is 1. The molecule has 0 fully saturated rings. The lowest BCUT2D eigenvalue weighted by Crippen LogP contribution is -2.38. The van der Waals surface area contributed by atoms with E-state index in [1.165, 1.54) is 0 Å². The van der Waals surface area contributed by atoms with Crippen molar-refractivity contribution < 1.29 is 14.3 Å². The summed E-state index contributed by atoms with van der Waals surface area (Å²) in [5.41, 5.74) is 2.84. The summed E-state index contributed by atoms with van der Waals surface area (Å²) in [5, 5.41) is 8.90. The molecule has 1 atom stereocenters. The van der Waals surface area contributed by atoms with Gasteiger partial charge >= 0.3 is 0 Å². The van der Waals surface area contributed by atoms with Gasteiger partial charge in [0.15, 0.2) is 0 Å². The van der Waals surface area contributed by atoms with Gasteiger partial charge in [0, 0.05) is 38.1 Å². The molecule has 1 aliphatic heterocycles. The largest absolute Gasteiger partial charge is 0.385 e. The minimum Gasteiger partial charge on any atom is -0.385 e. The fourth-order valence-electron chi connectivity index (χ4n) is 2.37. The molecule has 120 valence electrons. The van der Waals surface area contributed by atoms with Crippen LogP contribution in [0.4, 0.5) is 11.4 Å². The molecule has 0 saturated heterocycles. The number of hydrogen-bond donors (Lipinski definition) is 3. The quantitative estimate of drug-likeness (QED) is 0.667. The van der Waals surface area contributed by atoms with Crippen LogP contribution in [0.1, 0.15) is 25.3 Å². The molecule has 0 bridgehead atoms. The van der Waals surface area contributed by atoms with Crippen molar-refractivity contribution in [2.24, 2.45) is 0 Å². The van der Waals surface area contributed by atoms with Crippen molar-refractivity contribution in [2.45, 2.75) is 32.2 Å². The van der Waals surface area contributed by atoms with E-state index >= 15 is 0 Å². The predicted molar refractivity (Wildman–Crippen MR) is 86.0 cm³/mol. The van der Waals surface area contributed by atoms with Gasteiger partial charge in [0.25, 0.3) is 0 Å². The van der Waals surface area contributed by atoms with E-state index in [1.54, 1.807) is 7.11 Å². The van der Waals surface area contributed by atoms with Crippen LogP contribution in [-0.2, 0) is 20.7 Å². The first-order valence-electron chi connectivity index (χ1n) is 7.56. The van der Waals surface area contributed by atoms with Crippen molar-refractivity contribution in [3.63, 3.8) is 0 Å². The molecule has 3 N–H and O–H groups in total. The highest BCUT2D eigenvalue weighted by Crippen LogP contribution is 2.25. The van der Waals surface area contributed by atoms with E-state index in [4.69, 9.17) is 4.74 Å². The second kappa shape index (κ2) is 7.79. The summed E-state index contributed by atoms with van der Waals surface area (Å²) >= 11 is 0. The molecule has 0 aliphatic carbocycles. The summed E-state index contributed by atoms with van der Waals surface area (Å²) in [6.07, 6.45) is 2.04. The number of ether oxygens (including phenoxy) is 1. The summed E-state index contributed by atoms with van der Waals surface area (Å²) in [4.78, 5) is 23.3. The Labute approximate surface area is 130 Å². The molecule has 0 unspecified atom stereocenters. The number of carbonyl (C=O) groups excluding carboxylic acids is 2. The molecular weight excluding hydrogens is 282 g/mol. The normalized spacial score (nSPS) is 14.7. The minimum absolute atomic E-state index is 0.0397. The Bertz CT molecular complexity index is 545. The molecule has 2 amide bonds. The number of aryl methyl sites for hydroxylation is 1. The third-order valence-electron chi connectivity index (χ3n) is 3.60. The van der Waals surface area contributed by atoms with Crippen LogP contribution in [0.2, 0.25) is 0 Å². The molecule has 22 heavy (non-hydrogen) atoms. The second-order valence-corrected chi connectivity index (χ2v) is 5.42. The average Bonchev–Trinajstić information content (AvgIpc) is 2.51. The van der Waals surface area contributed by atoms with Crippen molar-refractivity contribution in [1.29, 1.82) is 0 Å². The zero-order chi connectivity index (χ0) is 15.9. The number of amides is 2. The van der Waals surface area contributed by atoms with Crippen molar-refractivity contribution >= 4 is 23.2 Å². The number of methoxy groups -OCH3 is 1. The Morgan fingerprint density at radius 3 is 3.00 bits per heavy atom. The Morgan fingerprint density at radius 2 is 2.23 bits per heavy atom. The molecule has 1 aliphatic rings. The Morgan fingerprint density at radius 1 is 1.41 bits per heavy atom. The summed E-state index contributed by atoms with van der Waals surface area (Å²) in [7, 11) is 1.64. The first kappa shape index (κ1) is 16.3. The predicted octanol–water partition coefficient (Wildman–Crippen LogP) is 1.52. The van der Waals surface area contributed by atoms with Gasteiger partial charge in [0.1, 0.15) is 6.04 Å². The van der Waals surface area contributed by atoms with E-state index in [2.05, 4.69) is 16.0 Å². The SMILES string of the molecule is COCCCNC(=O)[C@@H](C)Nc1ccc2c(c1)CCC(=O)N2. The lowest BCUT2D eigenvalue weighted by atomic mass is 10.0. The molecule has 2 rings (SSSR count). The van der Waals surface area contributed by atoms with Crippen molar-refractivity contribution in [3.8, 4) is 0 Å². The maximum Gasteiger partial charge on any atom is 0.242 e. The Kier molecular flexibility index (Phi) is 5.77. The van der Waals surface area contributed by atoms with E-state index < -0.39 is 0 Å². The van der Waals surface area contributed by atoms with E-state index in [-0.39, 0.29) is 17.9 Å². The molecule has 0 aromatic heterocycles. The molecular formula is C16H23N3O3. The maximum atomic E-state index is 12.0. The summed E-state index contributed by atoms with van der Waals surface area (Å²) in [6.45, 7) is 3.07. The van der Waals surface area contributed by atoms with Gasteiger partial charge in [0.2, 0.25) is 11.8 Å². The zero-order valence-corrected chi connectivity index (χ0v) is 13.1. The van der Waals surface area contributed by atoms with Gasteiger partial charge in [-0.15, -0.1) is 0 Å². The van der Waals surface area contributed by atoms with Crippen LogP contribution in [0.3, 0.4) is 0 Å². The molecule has 6 heteroatoms. The molecule has 0 radical (unpaired) electrons. The molecule has 6 nitrogen and oxygen atoms in total. The second-order valence-electron chi connectivity index (χ2n) is 5.42. The third kappa shape index (κ3) is 4.46. The minimum atomic E-state index is -0.321. The first-order chi connectivity index (χ1) is 10.6. The Balaban J connectivity index is 1.87. The van der Waals surface area contributed by atoms with Crippen LogP contribution >= 0.6 is 0 Å². The van der Waals surface area contributed by atoms with Crippen molar-refractivity contribution in [1.82, 2.24) is 5.32 Å². The van der Waals surface area contributed by atoms with Crippen molar-refractivity contribution in [2.75, 3.05) is 30.9 Å². The van der Waals surface area contributed by atoms with E-state index in [1.807, 2.05) is 25.1 Å². The van der Waals surface area contributed by atoms with Gasteiger partial charge in [-0.25, -0.2) is 0 Å².